The van der Waals surface area contributed by atoms with E-state index in [0.29, 0.717) is 30.7 Å². The first-order valence-electron chi connectivity index (χ1n) is 11.4. The predicted octanol–water partition coefficient (Wildman–Crippen LogP) is 0.876. The predicted molar refractivity (Wildman–Crippen MR) is 128 cm³/mol. The minimum absolute atomic E-state index is 0.101. The molecule has 2 aromatic heterocycles. The Hall–Kier alpha value is -3.44. The van der Waals surface area contributed by atoms with Gasteiger partial charge in [-0.05, 0) is 17.5 Å². The van der Waals surface area contributed by atoms with Gasteiger partial charge >= 0.3 is 11.7 Å². The number of nitrogens with zero attached hydrogens (tertiary/aromatic N) is 4. The summed E-state index contributed by atoms with van der Waals surface area (Å²) in [4.78, 5) is 37.7. The highest BCUT2D eigenvalue weighted by molar-refractivity contribution is 5.82. The van der Waals surface area contributed by atoms with E-state index in [1.165, 1.54) is 10.1 Å². The van der Waals surface area contributed by atoms with Crippen LogP contribution in [0.1, 0.15) is 30.9 Å². The molecule has 1 fully saturated rings. The smallest absolute Gasteiger partial charge is 0.328 e. The molecule has 34 heavy (non-hydrogen) atoms. The van der Waals surface area contributed by atoms with Crippen LogP contribution in [-0.2, 0) is 22.6 Å². The molecule has 0 aliphatic carbocycles. The molecule has 1 atom stereocenters. The fraction of sp³-hybridized carbons (Fsp3) is 0.478. The number of anilines is 1. The Labute approximate surface area is 197 Å². The van der Waals surface area contributed by atoms with E-state index in [2.05, 4.69) is 37.3 Å². The van der Waals surface area contributed by atoms with E-state index >= 15 is 0 Å². The average Bonchev–Trinajstić information content (AvgIpc) is 3.39. The van der Waals surface area contributed by atoms with Crippen molar-refractivity contribution in [3.05, 3.63) is 45.9 Å². The number of likely N-dealkylation sites (tertiary alicyclic amines) is 1. The second-order valence-corrected chi connectivity index (χ2v) is 8.41. The molecular formula is C23H31N7O4. The fourth-order valence-electron chi connectivity index (χ4n) is 4.07. The minimum atomic E-state index is -0.314. The highest BCUT2D eigenvalue weighted by Crippen LogP contribution is 2.19. The van der Waals surface area contributed by atoms with E-state index in [0.717, 1.165) is 31.6 Å². The van der Waals surface area contributed by atoms with Crippen LogP contribution in [0.2, 0.25) is 0 Å². The monoisotopic (exact) mass is 469 g/mol. The van der Waals surface area contributed by atoms with E-state index in [-0.39, 0.29) is 36.1 Å². The number of H-pyrrole nitrogens is 1. The number of carbonyl (C=O) groups excluding carboxylic acids is 1. The Morgan fingerprint density at radius 2 is 1.94 bits per heavy atom. The van der Waals surface area contributed by atoms with Crippen molar-refractivity contribution < 1.29 is 14.3 Å². The molecule has 182 valence electrons. The molecular weight excluding hydrogens is 438 g/mol. The maximum atomic E-state index is 12.6. The van der Waals surface area contributed by atoms with E-state index in [1.807, 2.05) is 19.1 Å². The number of nitrogen functional groups attached to an aromatic ring is 1. The molecule has 4 N–H and O–H groups in total. The van der Waals surface area contributed by atoms with Crippen LogP contribution in [-0.4, -0.2) is 69.8 Å². The number of aromatic amines is 1. The van der Waals surface area contributed by atoms with Gasteiger partial charge < -0.3 is 25.5 Å². The van der Waals surface area contributed by atoms with Crippen LogP contribution in [0, 0.1) is 0 Å². The number of aromatic nitrogens is 4. The van der Waals surface area contributed by atoms with Gasteiger partial charge in [0.05, 0.1) is 13.2 Å². The zero-order valence-electron chi connectivity index (χ0n) is 19.5. The second kappa shape index (κ2) is 10.7. The zero-order chi connectivity index (χ0) is 24.1. The highest BCUT2D eigenvalue weighted by atomic mass is 16.5. The van der Waals surface area contributed by atoms with Gasteiger partial charge in [-0.25, -0.2) is 4.79 Å². The lowest BCUT2D eigenvalue weighted by atomic mass is 10.1. The summed E-state index contributed by atoms with van der Waals surface area (Å²) in [6, 6.07) is 8.47. The third-order valence-electron chi connectivity index (χ3n) is 5.88. The average molecular weight is 470 g/mol. The minimum Gasteiger partial charge on any atom is -0.461 e. The summed E-state index contributed by atoms with van der Waals surface area (Å²) >= 11 is 0. The van der Waals surface area contributed by atoms with Crippen LogP contribution in [0.3, 0.4) is 0 Å². The van der Waals surface area contributed by atoms with Gasteiger partial charge in [0.1, 0.15) is 12.1 Å². The number of hydrogen-bond acceptors (Lipinski definition) is 8. The first-order valence-corrected chi connectivity index (χ1v) is 11.4. The lowest BCUT2D eigenvalue weighted by Gasteiger charge is -2.17. The number of nitrogens with one attached hydrogen (secondary N) is 2. The Bertz CT molecular complexity index is 1190. The lowest BCUT2D eigenvalue weighted by molar-refractivity contribution is -0.121. The van der Waals surface area contributed by atoms with Gasteiger partial charge in [-0.1, -0.05) is 31.2 Å². The summed E-state index contributed by atoms with van der Waals surface area (Å²) < 4.78 is 12.0. The third-order valence-corrected chi connectivity index (χ3v) is 5.88. The van der Waals surface area contributed by atoms with Gasteiger partial charge in [0, 0.05) is 39.2 Å². The number of rotatable bonds is 10. The van der Waals surface area contributed by atoms with Crippen LogP contribution >= 0.6 is 0 Å². The Balaban J connectivity index is 1.43. The molecule has 1 aliphatic heterocycles. The molecule has 1 aromatic carbocycles. The van der Waals surface area contributed by atoms with Crippen LogP contribution in [0.25, 0.3) is 11.2 Å². The molecule has 1 aliphatic rings. The van der Waals surface area contributed by atoms with Crippen LogP contribution in [0.5, 0.6) is 6.01 Å². The molecule has 0 radical (unpaired) electrons. The molecule has 1 unspecified atom stereocenters. The molecule has 11 heteroatoms. The molecule has 3 heterocycles. The molecule has 0 bridgehead atoms. The van der Waals surface area contributed by atoms with Crippen molar-refractivity contribution >= 4 is 22.9 Å². The van der Waals surface area contributed by atoms with E-state index in [1.54, 1.807) is 7.11 Å². The summed E-state index contributed by atoms with van der Waals surface area (Å²) in [6.45, 7) is 5.50. The quantitative estimate of drug-likeness (QED) is 0.372. The number of fused-ring (bicyclic) bond motifs is 1. The molecule has 0 saturated carbocycles. The maximum absolute atomic E-state index is 12.6. The summed E-state index contributed by atoms with van der Waals surface area (Å²) in [7, 11) is 1.58. The Kier molecular flexibility index (Phi) is 7.43. The van der Waals surface area contributed by atoms with Gasteiger partial charge in [-0.3, -0.25) is 14.3 Å². The van der Waals surface area contributed by atoms with Crippen molar-refractivity contribution in [1.82, 2.24) is 29.7 Å². The number of nitrogens with two attached hydrogens (primary N) is 1. The topological polar surface area (TPSA) is 140 Å². The SMILES string of the molecule is CCC(=O)NC1CCN(Cc2ccc(Cn3c(=O)[nH]c4c(N)nc(OCCOC)nc43)cc2)C1. The Morgan fingerprint density at radius 3 is 2.65 bits per heavy atom. The number of ether oxygens (including phenoxy) is 2. The van der Waals surface area contributed by atoms with Gasteiger partial charge in [-0.2, -0.15) is 9.97 Å². The molecule has 11 nitrogen and oxygen atoms in total. The van der Waals surface area contributed by atoms with Crippen molar-refractivity contribution in [3.63, 3.8) is 0 Å². The number of amides is 1. The first-order chi connectivity index (χ1) is 16.5. The third kappa shape index (κ3) is 5.54. The standard InChI is InChI=1S/C23H31N7O4/c1-3-18(31)25-17-8-9-29(14-17)12-15-4-6-16(7-5-15)13-30-21-19(26-23(30)32)20(24)27-22(28-21)34-11-10-33-2/h4-7,17H,3,8-14H2,1-2H3,(H,25,31)(H,26,32)(H2,24,27,28). The van der Waals surface area contributed by atoms with Crippen molar-refractivity contribution in [2.24, 2.45) is 0 Å². The Morgan fingerprint density at radius 1 is 1.21 bits per heavy atom. The van der Waals surface area contributed by atoms with Crippen LogP contribution < -0.4 is 21.5 Å². The number of imidazole rings is 1. The number of benzene rings is 1. The van der Waals surface area contributed by atoms with E-state index in [4.69, 9.17) is 15.2 Å². The first kappa shape index (κ1) is 23.7. The largest absolute Gasteiger partial charge is 0.461 e. The normalized spacial score (nSPS) is 16.2. The summed E-state index contributed by atoms with van der Waals surface area (Å²) in [5.41, 5.74) is 8.61. The molecule has 1 saturated heterocycles. The van der Waals surface area contributed by atoms with E-state index < -0.39 is 0 Å². The summed E-state index contributed by atoms with van der Waals surface area (Å²) in [6.07, 6.45) is 1.48. The van der Waals surface area contributed by atoms with Gasteiger partial charge in [0.2, 0.25) is 5.91 Å². The van der Waals surface area contributed by atoms with Crippen molar-refractivity contribution in [2.75, 3.05) is 39.1 Å². The van der Waals surface area contributed by atoms with Gasteiger partial charge in [-0.15, -0.1) is 0 Å². The summed E-state index contributed by atoms with van der Waals surface area (Å²) in [5.74, 6) is 0.257. The van der Waals surface area contributed by atoms with Crippen molar-refractivity contribution in [1.29, 1.82) is 0 Å². The summed E-state index contributed by atoms with van der Waals surface area (Å²) in [5, 5.41) is 3.07. The molecule has 1 amide bonds. The maximum Gasteiger partial charge on any atom is 0.328 e. The molecule has 0 spiro atoms. The van der Waals surface area contributed by atoms with Crippen LogP contribution in [0.4, 0.5) is 5.82 Å². The second-order valence-electron chi connectivity index (χ2n) is 8.41. The number of hydrogen-bond donors (Lipinski definition) is 3. The number of methoxy groups -OCH3 is 1. The van der Waals surface area contributed by atoms with Crippen molar-refractivity contribution in [3.8, 4) is 6.01 Å². The fourth-order valence-corrected chi connectivity index (χ4v) is 4.07. The van der Waals surface area contributed by atoms with Crippen LogP contribution in [0.15, 0.2) is 29.1 Å². The van der Waals surface area contributed by atoms with E-state index in [9.17, 15) is 9.59 Å². The van der Waals surface area contributed by atoms with Gasteiger partial charge in [0.25, 0.3) is 0 Å². The van der Waals surface area contributed by atoms with Crippen molar-refractivity contribution in [2.45, 2.75) is 38.9 Å². The van der Waals surface area contributed by atoms with Gasteiger partial charge in [0.15, 0.2) is 11.5 Å². The lowest BCUT2D eigenvalue weighted by Crippen LogP contribution is -2.36. The molecule has 4 rings (SSSR count). The zero-order valence-corrected chi connectivity index (χ0v) is 19.5. The molecule has 3 aromatic rings. The highest BCUT2D eigenvalue weighted by Gasteiger charge is 2.23. The number of carbonyl (C=O) groups is 1.